The molecule has 1 amide bonds. The number of halogens is 1. The van der Waals surface area contributed by atoms with E-state index in [1.807, 2.05) is 42.5 Å². The topological polar surface area (TPSA) is 59.9 Å². The summed E-state index contributed by atoms with van der Waals surface area (Å²) in [6, 6.07) is 17.2. The van der Waals surface area contributed by atoms with Crippen molar-refractivity contribution >= 4 is 38.8 Å². The average Bonchev–Trinajstić information content (AvgIpc) is 2.74. The molecule has 0 spiro atoms. The van der Waals surface area contributed by atoms with Crippen molar-refractivity contribution in [3.8, 4) is 11.5 Å². The van der Waals surface area contributed by atoms with Gasteiger partial charge in [0.1, 0.15) is 11.5 Å². The number of nitrogens with zero attached hydrogens (tertiary/aromatic N) is 1. The van der Waals surface area contributed by atoms with Crippen molar-refractivity contribution in [2.45, 2.75) is 19.8 Å². The molecule has 0 aliphatic rings. The fraction of sp³-hybridized carbons (Fsp3) is 0.217. The zero-order valence-electron chi connectivity index (χ0n) is 16.4. The second kappa shape index (κ2) is 10.1. The van der Waals surface area contributed by atoms with Crippen LogP contribution in [0.15, 0.2) is 64.2 Å². The van der Waals surface area contributed by atoms with Crippen molar-refractivity contribution in [3.05, 3.63) is 70.2 Å². The fourth-order valence-corrected chi connectivity index (χ4v) is 3.30. The van der Waals surface area contributed by atoms with Crippen LogP contribution in [0.3, 0.4) is 0 Å². The minimum Gasteiger partial charge on any atom is -0.496 e. The van der Waals surface area contributed by atoms with E-state index in [9.17, 15) is 4.79 Å². The van der Waals surface area contributed by atoms with Crippen LogP contribution in [0.25, 0.3) is 10.8 Å². The lowest BCUT2D eigenvalue weighted by Crippen LogP contribution is -2.18. The van der Waals surface area contributed by atoms with Gasteiger partial charge in [-0.05, 0) is 41.5 Å². The van der Waals surface area contributed by atoms with Gasteiger partial charge in [-0.1, -0.05) is 59.6 Å². The SMILES string of the molecule is CCCCOc1ccc2ccccc2c1/C=N\NC(=O)c1cc(Br)ccc1OC. The summed E-state index contributed by atoms with van der Waals surface area (Å²) >= 11 is 3.37. The van der Waals surface area contributed by atoms with Gasteiger partial charge in [0, 0.05) is 10.0 Å². The Balaban J connectivity index is 1.86. The number of hydrogen-bond acceptors (Lipinski definition) is 4. The number of amides is 1. The monoisotopic (exact) mass is 454 g/mol. The molecular formula is C23H23BrN2O3. The summed E-state index contributed by atoms with van der Waals surface area (Å²) in [4.78, 5) is 12.6. The molecule has 5 nitrogen and oxygen atoms in total. The van der Waals surface area contributed by atoms with Crippen molar-refractivity contribution in [1.82, 2.24) is 5.43 Å². The van der Waals surface area contributed by atoms with Crippen molar-refractivity contribution in [1.29, 1.82) is 0 Å². The molecule has 0 aliphatic heterocycles. The van der Waals surface area contributed by atoms with Gasteiger partial charge in [0.05, 0.1) is 25.5 Å². The number of fused-ring (bicyclic) bond motifs is 1. The molecule has 0 aromatic heterocycles. The van der Waals surface area contributed by atoms with Crippen LogP contribution in [0.4, 0.5) is 0 Å². The molecule has 3 aromatic carbocycles. The lowest BCUT2D eigenvalue weighted by Gasteiger charge is -2.11. The van der Waals surface area contributed by atoms with Crippen molar-refractivity contribution in [2.75, 3.05) is 13.7 Å². The Morgan fingerprint density at radius 2 is 1.93 bits per heavy atom. The highest BCUT2D eigenvalue weighted by atomic mass is 79.9. The van der Waals surface area contributed by atoms with Crippen LogP contribution >= 0.6 is 15.9 Å². The second-order valence-corrected chi connectivity index (χ2v) is 7.36. The highest BCUT2D eigenvalue weighted by Crippen LogP contribution is 2.27. The van der Waals surface area contributed by atoms with E-state index >= 15 is 0 Å². The van der Waals surface area contributed by atoms with Gasteiger partial charge in [-0.2, -0.15) is 5.10 Å². The highest BCUT2D eigenvalue weighted by molar-refractivity contribution is 9.10. The Kier molecular flexibility index (Phi) is 7.25. The summed E-state index contributed by atoms with van der Waals surface area (Å²) in [6.07, 6.45) is 3.66. The van der Waals surface area contributed by atoms with Gasteiger partial charge >= 0.3 is 0 Å². The summed E-state index contributed by atoms with van der Waals surface area (Å²) in [5.41, 5.74) is 3.82. The van der Waals surface area contributed by atoms with Crippen molar-refractivity contribution in [3.63, 3.8) is 0 Å². The van der Waals surface area contributed by atoms with Gasteiger partial charge in [0.25, 0.3) is 5.91 Å². The summed E-state index contributed by atoms with van der Waals surface area (Å²) in [5, 5.41) is 6.28. The maximum atomic E-state index is 12.6. The van der Waals surface area contributed by atoms with E-state index in [4.69, 9.17) is 9.47 Å². The molecule has 0 radical (unpaired) electrons. The molecule has 0 atom stereocenters. The minimum absolute atomic E-state index is 0.354. The maximum absolute atomic E-state index is 12.6. The molecule has 29 heavy (non-hydrogen) atoms. The zero-order valence-corrected chi connectivity index (χ0v) is 18.0. The van der Waals surface area contributed by atoms with Gasteiger partial charge in [0.15, 0.2) is 0 Å². The molecule has 0 fully saturated rings. The molecule has 3 rings (SSSR count). The van der Waals surface area contributed by atoms with Crippen LogP contribution in [-0.2, 0) is 0 Å². The number of carbonyl (C=O) groups is 1. The van der Waals surface area contributed by atoms with Crippen LogP contribution in [-0.4, -0.2) is 25.8 Å². The normalized spacial score (nSPS) is 11.0. The van der Waals surface area contributed by atoms with E-state index in [0.29, 0.717) is 17.9 Å². The lowest BCUT2D eigenvalue weighted by molar-refractivity contribution is 0.0952. The number of nitrogens with one attached hydrogen (secondary N) is 1. The minimum atomic E-state index is -0.354. The summed E-state index contributed by atoms with van der Waals surface area (Å²) in [5.74, 6) is 0.873. The predicted molar refractivity (Wildman–Crippen MR) is 120 cm³/mol. The number of hydrazone groups is 1. The van der Waals surface area contributed by atoms with E-state index in [-0.39, 0.29) is 5.91 Å². The smallest absolute Gasteiger partial charge is 0.275 e. The molecule has 0 saturated heterocycles. The standard InChI is InChI=1S/C23H23BrN2O3/c1-3-4-13-29-22-11-9-16-7-5-6-8-18(16)20(22)15-25-26-23(27)19-14-17(24)10-12-21(19)28-2/h5-12,14-15H,3-4,13H2,1-2H3,(H,26,27)/b25-15-. The molecule has 0 heterocycles. The van der Waals surface area contributed by atoms with Crippen molar-refractivity contribution in [2.24, 2.45) is 5.10 Å². The van der Waals surface area contributed by atoms with Gasteiger partial charge in [-0.3, -0.25) is 4.79 Å². The molecule has 6 heteroatoms. The predicted octanol–water partition coefficient (Wildman–Crippen LogP) is 5.55. The largest absolute Gasteiger partial charge is 0.496 e. The summed E-state index contributed by atoms with van der Waals surface area (Å²) < 4.78 is 12.0. The number of carbonyl (C=O) groups excluding carboxylic acids is 1. The van der Waals surface area contributed by atoms with E-state index in [1.165, 1.54) is 7.11 Å². The summed E-state index contributed by atoms with van der Waals surface area (Å²) in [6.45, 7) is 2.76. The third-order valence-electron chi connectivity index (χ3n) is 4.45. The van der Waals surface area contributed by atoms with E-state index < -0.39 is 0 Å². The Bertz CT molecular complexity index is 1030. The Morgan fingerprint density at radius 3 is 2.72 bits per heavy atom. The lowest BCUT2D eigenvalue weighted by atomic mass is 10.0. The highest BCUT2D eigenvalue weighted by Gasteiger charge is 2.12. The molecule has 0 bridgehead atoms. The quantitative estimate of drug-likeness (QED) is 0.275. The van der Waals surface area contributed by atoms with Gasteiger partial charge in [-0.25, -0.2) is 5.43 Å². The first-order valence-corrected chi connectivity index (χ1v) is 10.2. The second-order valence-electron chi connectivity index (χ2n) is 6.44. The van der Waals surface area contributed by atoms with Crippen LogP contribution < -0.4 is 14.9 Å². The fourth-order valence-electron chi connectivity index (χ4n) is 2.93. The van der Waals surface area contributed by atoms with Gasteiger partial charge in [0.2, 0.25) is 0 Å². The average molecular weight is 455 g/mol. The Hall–Kier alpha value is -2.86. The molecular weight excluding hydrogens is 432 g/mol. The van der Waals surface area contributed by atoms with Crippen LogP contribution in [0.2, 0.25) is 0 Å². The maximum Gasteiger partial charge on any atom is 0.275 e. The van der Waals surface area contributed by atoms with Crippen LogP contribution in [0.5, 0.6) is 11.5 Å². The van der Waals surface area contributed by atoms with Crippen molar-refractivity contribution < 1.29 is 14.3 Å². The van der Waals surface area contributed by atoms with E-state index in [0.717, 1.165) is 39.4 Å². The number of ether oxygens (including phenoxy) is 2. The van der Waals surface area contributed by atoms with Gasteiger partial charge < -0.3 is 9.47 Å². The first-order chi connectivity index (χ1) is 14.1. The van der Waals surface area contributed by atoms with Crippen LogP contribution in [0.1, 0.15) is 35.7 Å². The zero-order chi connectivity index (χ0) is 20.6. The number of benzene rings is 3. The first kappa shape index (κ1) is 20.9. The van der Waals surface area contributed by atoms with Gasteiger partial charge in [-0.15, -0.1) is 0 Å². The summed E-state index contributed by atoms with van der Waals surface area (Å²) in [7, 11) is 1.53. The van der Waals surface area contributed by atoms with E-state index in [2.05, 4.69) is 33.4 Å². The molecule has 1 N–H and O–H groups in total. The number of rotatable bonds is 8. The van der Waals surface area contributed by atoms with Crippen LogP contribution in [0, 0.1) is 0 Å². The molecule has 150 valence electrons. The first-order valence-electron chi connectivity index (χ1n) is 9.45. The number of methoxy groups -OCH3 is 1. The molecule has 3 aromatic rings. The molecule has 0 unspecified atom stereocenters. The molecule has 0 saturated carbocycles. The number of hydrogen-bond donors (Lipinski definition) is 1. The Morgan fingerprint density at radius 1 is 1.14 bits per heavy atom. The van der Waals surface area contributed by atoms with E-state index in [1.54, 1.807) is 18.3 Å². The third-order valence-corrected chi connectivity index (χ3v) is 4.95. The Labute approximate surface area is 178 Å². The number of unbranched alkanes of at least 4 members (excludes halogenated alkanes) is 1. The molecule has 0 aliphatic carbocycles. The third kappa shape index (κ3) is 5.15.